The molecule has 0 aliphatic rings. The molecule has 0 aromatic rings. The molecule has 0 radical (unpaired) electrons. The summed E-state index contributed by atoms with van der Waals surface area (Å²) in [5, 5.41) is 0. The van der Waals surface area contributed by atoms with Crippen LogP contribution in [0.3, 0.4) is 0 Å². The van der Waals surface area contributed by atoms with E-state index in [2.05, 4.69) is 0 Å². The van der Waals surface area contributed by atoms with Gasteiger partial charge in [-0.05, 0) is 6.92 Å². The lowest BCUT2D eigenvalue weighted by atomic mass is 10.7. The smallest absolute Gasteiger partial charge is 0.390 e. The van der Waals surface area contributed by atoms with Crippen molar-refractivity contribution in [3.63, 3.8) is 0 Å². The molecule has 0 saturated heterocycles. The fourth-order valence-electron chi connectivity index (χ4n) is 0.515. The highest BCUT2D eigenvalue weighted by Crippen LogP contribution is 2.12. The van der Waals surface area contributed by atoms with Crippen LogP contribution in [0.4, 0.5) is 0 Å². The van der Waals surface area contributed by atoms with Gasteiger partial charge >= 0.3 is 8.80 Å². The van der Waals surface area contributed by atoms with E-state index in [1.54, 1.807) is 0 Å². The first-order valence-electron chi connectivity index (χ1n) is 3.92. The van der Waals surface area contributed by atoms with E-state index in [1.165, 1.54) is 11.8 Å². The van der Waals surface area contributed by atoms with Gasteiger partial charge in [0.25, 0.3) is 0 Å². The van der Waals surface area contributed by atoms with Crippen molar-refractivity contribution in [1.29, 1.82) is 0 Å². The summed E-state index contributed by atoms with van der Waals surface area (Å²) in [6, 6.07) is 0.0232. The highest BCUT2D eigenvalue weighted by molar-refractivity contribution is 8.22. The summed E-state index contributed by atoms with van der Waals surface area (Å²) < 4.78 is 0.709. The zero-order valence-corrected chi connectivity index (χ0v) is 10.4. The first kappa shape index (κ1) is 13.3. The lowest BCUT2D eigenvalue weighted by molar-refractivity contribution is 0.230. The fourth-order valence-corrected chi connectivity index (χ4v) is 2.92. The van der Waals surface area contributed by atoms with Gasteiger partial charge in [0.05, 0.1) is 0 Å². The Balaban J connectivity index is 3.60. The van der Waals surface area contributed by atoms with Crippen LogP contribution in [-0.4, -0.2) is 51.8 Å². The van der Waals surface area contributed by atoms with Crippen LogP contribution in [-0.2, 0) is 0 Å². The van der Waals surface area contributed by atoms with E-state index in [-0.39, 0.29) is 6.04 Å². The molecule has 0 atom stereocenters. The Labute approximate surface area is 88.9 Å². The minimum absolute atomic E-state index is 0.0232. The summed E-state index contributed by atoms with van der Waals surface area (Å²) in [4.78, 5) is 28.0. The molecular formula is C6H15NO3S2Si. The van der Waals surface area contributed by atoms with Crippen LogP contribution in [0.1, 0.15) is 6.92 Å². The van der Waals surface area contributed by atoms with Crippen molar-refractivity contribution in [2.75, 3.05) is 19.3 Å². The van der Waals surface area contributed by atoms with Crippen molar-refractivity contribution in [2.45, 2.75) is 13.0 Å². The SMILES string of the molecule is CCN(C)C(=S)SCC[Si](O)(O)O. The molecule has 0 aromatic carbocycles. The molecule has 0 aliphatic carbocycles. The third kappa shape index (κ3) is 7.41. The number of rotatable bonds is 4. The van der Waals surface area contributed by atoms with Crippen LogP contribution in [0.2, 0.25) is 6.04 Å². The number of nitrogens with zero attached hydrogens (tertiary/aromatic N) is 1. The van der Waals surface area contributed by atoms with Crippen LogP contribution >= 0.6 is 24.0 Å². The van der Waals surface area contributed by atoms with Gasteiger partial charge in [0.1, 0.15) is 4.32 Å². The second-order valence-electron chi connectivity index (χ2n) is 2.65. The van der Waals surface area contributed by atoms with Crippen LogP contribution in [0.25, 0.3) is 0 Å². The molecule has 0 heterocycles. The van der Waals surface area contributed by atoms with Crippen molar-refractivity contribution in [3.8, 4) is 0 Å². The normalized spacial score (nSPS) is 11.5. The Morgan fingerprint density at radius 1 is 1.46 bits per heavy atom. The van der Waals surface area contributed by atoms with Crippen molar-refractivity contribution in [2.24, 2.45) is 0 Å². The Bertz CT molecular complexity index is 174. The van der Waals surface area contributed by atoms with E-state index < -0.39 is 8.80 Å². The third-order valence-electron chi connectivity index (χ3n) is 1.45. The molecule has 4 nitrogen and oxygen atoms in total. The fraction of sp³-hybridized carbons (Fsp3) is 0.833. The zero-order valence-electron chi connectivity index (χ0n) is 7.73. The average Bonchev–Trinajstić information content (AvgIpc) is 2.00. The summed E-state index contributed by atoms with van der Waals surface area (Å²) >= 11 is 6.37. The molecule has 0 unspecified atom stereocenters. The molecule has 0 spiro atoms. The molecule has 0 aliphatic heterocycles. The van der Waals surface area contributed by atoms with E-state index in [0.717, 1.165) is 6.54 Å². The third-order valence-corrected chi connectivity index (χ3v) is 4.36. The van der Waals surface area contributed by atoms with Crippen molar-refractivity contribution in [1.82, 2.24) is 4.90 Å². The quantitative estimate of drug-likeness (QED) is 0.471. The monoisotopic (exact) mass is 241 g/mol. The minimum atomic E-state index is -3.87. The Kier molecular flexibility index (Phi) is 6.09. The number of thiocarbonyl (C=S) groups is 1. The summed E-state index contributed by atoms with van der Waals surface area (Å²) in [7, 11) is -2.00. The first-order chi connectivity index (χ1) is 5.87. The maximum Gasteiger partial charge on any atom is 0.493 e. The van der Waals surface area contributed by atoms with Gasteiger partial charge in [0.2, 0.25) is 0 Å². The van der Waals surface area contributed by atoms with Gasteiger partial charge in [-0.15, -0.1) is 0 Å². The van der Waals surface area contributed by atoms with E-state index in [0.29, 0.717) is 10.1 Å². The molecule has 3 N–H and O–H groups in total. The molecule has 7 heteroatoms. The summed E-state index contributed by atoms with van der Waals surface area (Å²) in [5.74, 6) is 0.443. The predicted molar refractivity (Wildman–Crippen MR) is 60.6 cm³/mol. The minimum Gasteiger partial charge on any atom is -0.390 e. The lowest BCUT2D eigenvalue weighted by Gasteiger charge is -2.17. The van der Waals surface area contributed by atoms with E-state index in [1.807, 2.05) is 18.9 Å². The highest BCUT2D eigenvalue weighted by atomic mass is 32.2. The Morgan fingerprint density at radius 3 is 2.38 bits per heavy atom. The van der Waals surface area contributed by atoms with Gasteiger partial charge in [-0.25, -0.2) is 0 Å². The molecule has 0 aromatic heterocycles. The average molecular weight is 241 g/mol. The van der Waals surface area contributed by atoms with E-state index in [9.17, 15) is 0 Å². The molecule has 0 fully saturated rings. The highest BCUT2D eigenvalue weighted by Gasteiger charge is 2.26. The molecular weight excluding hydrogens is 226 g/mol. The molecule has 0 rings (SSSR count). The van der Waals surface area contributed by atoms with Crippen LogP contribution < -0.4 is 0 Å². The lowest BCUT2D eigenvalue weighted by Crippen LogP contribution is -2.35. The van der Waals surface area contributed by atoms with Gasteiger partial charge < -0.3 is 19.3 Å². The topological polar surface area (TPSA) is 63.9 Å². The van der Waals surface area contributed by atoms with E-state index >= 15 is 0 Å². The van der Waals surface area contributed by atoms with Crippen LogP contribution in [0.15, 0.2) is 0 Å². The molecule has 0 amide bonds. The van der Waals surface area contributed by atoms with Crippen LogP contribution in [0, 0.1) is 0 Å². The predicted octanol–water partition coefficient (Wildman–Crippen LogP) is -0.128. The summed E-state index contributed by atoms with van der Waals surface area (Å²) in [6.07, 6.45) is 0. The largest absolute Gasteiger partial charge is 0.493 e. The second-order valence-corrected chi connectivity index (χ2v) is 6.43. The molecule has 78 valence electrons. The summed E-state index contributed by atoms with van der Waals surface area (Å²) in [5.41, 5.74) is 0. The van der Waals surface area contributed by atoms with Crippen LogP contribution in [0.5, 0.6) is 0 Å². The van der Waals surface area contributed by atoms with Gasteiger partial charge in [-0.2, -0.15) is 0 Å². The molecule has 0 saturated carbocycles. The molecule has 0 bridgehead atoms. The van der Waals surface area contributed by atoms with Gasteiger partial charge in [0, 0.05) is 25.4 Å². The standard InChI is InChI=1S/C6H15NO3S2Si/c1-3-7(2)6(11)12-4-5-13(8,9)10/h8-10H,3-5H2,1-2H3. The maximum atomic E-state index is 8.71. The van der Waals surface area contributed by atoms with Gasteiger partial charge in [-0.1, -0.05) is 24.0 Å². The van der Waals surface area contributed by atoms with Crippen molar-refractivity contribution < 1.29 is 14.4 Å². The molecule has 13 heavy (non-hydrogen) atoms. The van der Waals surface area contributed by atoms with Crippen molar-refractivity contribution >= 4 is 37.1 Å². The zero-order chi connectivity index (χ0) is 10.5. The number of hydrogen-bond acceptors (Lipinski definition) is 5. The van der Waals surface area contributed by atoms with E-state index in [4.69, 9.17) is 26.6 Å². The van der Waals surface area contributed by atoms with Crippen molar-refractivity contribution in [3.05, 3.63) is 0 Å². The number of thioether (sulfide) groups is 1. The van der Waals surface area contributed by atoms with Gasteiger partial charge in [0.15, 0.2) is 0 Å². The van der Waals surface area contributed by atoms with Gasteiger partial charge in [-0.3, -0.25) is 0 Å². The second kappa shape index (κ2) is 5.94. The maximum absolute atomic E-state index is 8.71. The summed E-state index contributed by atoms with van der Waals surface area (Å²) in [6.45, 7) is 2.81. The number of hydrogen-bond donors (Lipinski definition) is 3. The Hall–Kier alpha value is 0.337. The first-order valence-corrected chi connectivity index (χ1v) is 7.36. The Morgan fingerprint density at radius 2 is 2.00 bits per heavy atom.